The van der Waals surface area contributed by atoms with E-state index in [9.17, 15) is 21.6 Å². The van der Waals surface area contributed by atoms with Gasteiger partial charge in [0.05, 0.1) is 15.5 Å². The van der Waals surface area contributed by atoms with E-state index in [0.717, 1.165) is 9.87 Å². The summed E-state index contributed by atoms with van der Waals surface area (Å²) in [6, 6.07) is 17.9. The molecule has 4 aromatic rings. The summed E-state index contributed by atoms with van der Waals surface area (Å²) in [6.07, 6.45) is 2.80. The fourth-order valence-electron chi connectivity index (χ4n) is 3.62. The van der Waals surface area contributed by atoms with E-state index in [4.69, 9.17) is 11.6 Å². The van der Waals surface area contributed by atoms with E-state index < -0.39 is 32.5 Å². The van der Waals surface area contributed by atoms with Crippen LogP contribution in [0.25, 0.3) is 0 Å². The first-order valence-corrected chi connectivity index (χ1v) is 14.8. The fourth-order valence-corrected chi connectivity index (χ4v) is 6.29. The maximum absolute atomic E-state index is 13.6. The van der Waals surface area contributed by atoms with Crippen LogP contribution >= 0.6 is 11.6 Å². The molecule has 202 valence electrons. The normalized spacial score (nSPS) is 11.6. The number of carbonyl (C=O) groups is 1. The summed E-state index contributed by atoms with van der Waals surface area (Å²) >= 11 is 6.07. The van der Waals surface area contributed by atoms with E-state index in [1.54, 1.807) is 43.3 Å². The van der Waals surface area contributed by atoms with Crippen LogP contribution in [0.1, 0.15) is 11.1 Å². The Bertz CT molecular complexity index is 1700. The van der Waals surface area contributed by atoms with Crippen molar-refractivity contribution < 1.29 is 21.6 Å². The van der Waals surface area contributed by atoms with Gasteiger partial charge in [0.25, 0.3) is 20.0 Å². The average Bonchev–Trinajstić information content (AvgIpc) is 2.88. The largest absolute Gasteiger partial charge is 0.325 e. The molecule has 0 saturated carbocycles. The van der Waals surface area contributed by atoms with Gasteiger partial charge in [-0.15, -0.1) is 0 Å². The second-order valence-corrected chi connectivity index (χ2v) is 12.5. The maximum Gasteiger partial charge on any atom is 0.264 e. The molecule has 0 atom stereocenters. The predicted molar refractivity (Wildman–Crippen MR) is 150 cm³/mol. The number of nitrogens with zero attached hydrogens (tertiary/aromatic N) is 3. The Labute approximate surface area is 231 Å². The van der Waals surface area contributed by atoms with Gasteiger partial charge >= 0.3 is 0 Å². The van der Waals surface area contributed by atoms with Crippen molar-refractivity contribution in [1.82, 2.24) is 9.97 Å². The number of aromatic nitrogens is 2. The van der Waals surface area contributed by atoms with Gasteiger partial charge in [0, 0.05) is 23.1 Å². The number of sulfonamides is 2. The Balaban J connectivity index is 1.56. The van der Waals surface area contributed by atoms with Gasteiger partial charge < -0.3 is 5.32 Å². The third-order valence-electron chi connectivity index (χ3n) is 5.56. The lowest BCUT2D eigenvalue weighted by Gasteiger charge is -2.26. The topological polar surface area (TPSA) is 138 Å². The molecule has 0 radical (unpaired) electrons. The zero-order valence-corrected chi connectivity index (χ0v) is 23.3. The van der Waals surface area contributed by atoms with Crippen molar-refractivity contribution in [2.45, 2.75) is 23.6 Å². The Morgan fingerprint density at radius 3 is 2.10 bits per heavy atom. The molecular formula is C26H24ClN5O5S2. The Hall–Kier alpha value is -4.00. The average molecular weight is 586 g/mol. The van der Waals surface area contributed by atoms with E-state index in [2.05, 4.69) is 20.0 Å². The second-order valence-electron chi connectivity index (χ2n) is 8.51. The highest BCUT2D eigenvalue weighted by Crippen LogP contribution is 2.29. The third kappa shape index (κ3) is 6.72. The molecule has 0 saturated heterocycles. The lowest BCUT2D eigenvalue weighted by molar-refractivity contribution is -0.114. The van der Waals surface area contributed by atoms with Crippen LogP contribution in [0.5, 0.6) is 0 Å². The van der Waals surface area contributed by atoms with Crippen molar-refractivity contribution in [1.29, 1.82) is 0 Å². The third-order valence-corrected chi connectivity index (χ3v) is 8.92. The molecule has 3 aromatic carbocycles. The molecule has 1 aromatic heterocycles. The van der Waals surface area contributed by atoms with Crippen LogP contribution in [0.4, 0.5) is 17.3 Å². The summed E-state index contributed by atoms with van der Waals surface area (Å²) in [5.41, 5.74) is 2.02. The Morgan fingerprint density at radius 2 is 1.49 bits per heavy atom. The van der Waals surface area contributed by atoms with E-state index >= 15 is 0 Å². The molecule has 4 rings (SSSR count). The van der Waals surface area contributed by atoms with Crippen molar-refractivity contribution in [2.75, 3.05) is 20.9 Å². The molecule has 39 heavy (non-hydrogen) atoms. The summed E-state index contributed by atoms with van der Waals surface area (Å²) in [6.45, 7) is 3.00. The second kappa shape index (κ2) is 11.4. The lowest BCUT2D eigenvalue weighted by Crippen LogP contribution is -2.38. The van der Waals surface area contributed by atoms with Gasteiger partial charge in [-0.25, -0.2) is 31.5 Å². The zero-order chi connectivity index (χ0) is 28.2. The van der Waals surface area contributed by atoms with Crippen molar-refractivity contribution >= 4 is 54.9 Å². The molecule has 0 aliphatic rings. The SMILES string of the molecule is Cc1ccc(S(=O)(=O)N(CC(=O)Nc2ccc(S(=O)(=O)Nc3ncccn3)cc2)c2ccc(Cl)cc2C)cc1. The summed E-state index contributed by atoms with van der Waals surface area (Å²) in [5.74, 6) is -0.714. The molecule has 0 spiro atoms. The number of carbonyl (C=O) groups excluding carboxylic acids is 1. The van der Waals surface area contributed by atoms with Gasteiger partial charge in [0.1, 0.15) is 6.54 Å². The summed E-state index contributed by atoms with van der Waals surface area (Å²) in [7, 11) is -8.08. The van der Waals surface area contributed by atoms with Crippen LogP contribution in [0.3, 0.4) is 0 Å². The molecule has 1 heterocycles. The number of amides is 1. The molecule has 2 N–H and O–H groups in total. The highest BCUT2D eigenvalue weighted by Gasteiger charge is 2.28. The maximum atomic E-state index is 13.6. The molecule has 0 bridgehead atoms. The first-order valence-electron chi connectivity index (χ1n) is 11.5. The molecule has 1 amide bonds. The first-order chi connectivity index (χ1) is 18.5. The summed E-state index contributed by atoms with van der Waals surface area (Å²) in [4.78, 5) is 20.7. The van der Waals surface area contributed by atoms with Crippen molar-refractivity contribution in [2.24, 2.45) is 0 Å². The number of hydrogen-bond acceptors (Lipinski definition) is 7. The van der Waals surface area contributed by atoms with Crippen LogP contribution in [0, 0.1) is 13.8 Å². The van der Waals surface area contributed by atoms with Gasteiger partial charge in [0.2, 0.25) is 11.9 Å². The van der Waals surface area contributed by atoms with Crippen molar-refractivity contribution in [3.63, 3.8) is 0 Å². The van der Waals surface area contributed by atoms with E-state index in [1.165, 1.54) is 48.8 Å². The molecular weight excluding hydrogens is 562 g/mol. The number of aryl methyl sites for hydroxylation is 2. The van der Waals surface area contributed by atoms with Gasteiger partial charge in [0.15, 0.2) is 0 Å². The van der Waals surface area contributed by atoms with Gasteiger partial charge in [-0.1, -0.05) is 29.3 Å². The zero-order valence-electron chi connectivity index (χ0n) is 20.9. The summed E-state index contributed by atoms with van der Waals surface area (Å²) < 4.78 is 55.7. The van der Waals surface area contributed by atoms with E-state index in [-0.39, 0.29) is 21.4 Å². The highest BCUT2D eigenvalue weighted by atomic mass is 35.5. The van der Waals surface area contributed by atoms with Crippen LogP contribution in [0.15, 0.2) is 95.0 Å². The summed E-state index contributed by atoms with van der Waals surface area (Å²) in [5, 5.41) is 3.05. The minimum Gasteiger partial charge on any atom is -0.325 e. The first kappa shape index (κ1) is 28.0. The van der Waals surface area contributed by atoms with Crippen molar-refractivity contribution in [3.05, 3.63) is 101 Å². The lowest BCUT2D eigenvalue weighted by atomic mass is 10.2. The fraction of sp³-hybridized carbons (Fsp3) is 0.115. The number of halogens is 1. The van der Waals surface area contributed by atoms with Crippen LogP contribution < -0.4 is 14.3 Å². The molecule has 0 unspecified atom stereocenters. The smallest absolute Gasteiger partial charge is 0.264 e. The van der Waals surface area contributed by atoms with Gasteiger partial charge in [-0.05, 0) is 80.1 Å². The number of benzene rings is 3. The van der Waals surface area contributed by atoms with Crippen LogP contribution in [-0.4, -0.2) is 39.3 Å². The highest BCUT2D eigenvalue weighted by molar-refractivity contribution is 7.93. The standard InChI is InChI=1S/C26H24ClN5O5S2/c1-18-4-9-23(10-5-18)39(36,37)32(24-13-6-20(27)16-19(24)2)17-25(33)30-21-7-11-22(12-8-21)38(34,35)31-26-28-14-3-15-29-26/h3-16H,17H2,1-2H3,(H,30,33)(H,28,29,31). The molecule has 10 nitrogen and oxygen atoms in total. The van der Waals surface area contributed by atoms with Gasteiger partial charge in [-0.2, -0.15) is 0 Å². The molecule has 0 aliphatic heterocycles. The van der Waals surface area contributed by atoms with Gasteiger partial charge in [-0.3, -0.25) is 9.10 Å². The molecule has 0 fully saturated rings. The number of nitrogens with one attached hydrogen (secondary N) is 2. The molecule has 0 aliphatic carbocycles. The number of hydrogen-bond donors (Lipinski definition) is 2. The van der Waals surface area contributed by atoms with Crippen LogP contribution in [-0.2, 0) is 24.8 Å². The molecule has 13 heteroatoms. The quantitative estimate of drug-likeness (QED) is 0.297. The minimum absolute atomic E-state index is 0.0275. The minimum atomic E-state index is -4.12. The number of rotatable bonds is 9. The Morgan fingerprint density at radius 1 is 0.872 bits per heavy atom. The Kier molecular flexibility index (Phi) is 8.19. The van der Waals surface area contributed by atoms with Crippen molar-refractivity contribution in [3.8, 4) is 0 Å². The van der Waals surface area contributed by atoms with E-state index in [1.807, 2.05) is 6.92 Å². The van der Waals surface area contributed by atoms with Crippen LogP contribution in [0.2, 0.25) is 5.02 Å². The van der Waals surface area contributed by atoms with E-state index in [0.29, 0.717) is 16.3 Å². The number of anilines is 3. The monoisotopic (exact) mass is 585 g/mol. The predicted octanol–water partition coefficient (Wildman–Crippen LogP) is 4.38.